The molecule has 0 aromatic carbocycles. The number of carbonyl (C=O) groups is 1. The first-order valence-electron chi connectivity index (χ1n) is 8.49. The summed E-state index contributed by atoms with van der Waals surface area (Å²) in [7, 11) is 0. The highest BCUT2D eigenvalue weighted by Gasteiger charge is 2.29. The smallest absolute Gasteiger partial charge is 0.319 e. The summed E-state index contributed by atoms with van der Waals surface area (Å²) in [6, 6.07) is 0.929. The summed E-state index contributed by atoms with van der Waals surface area (Å²) in [6.07, 6.45) is 7.43. The standard InChI is InChI=1S/C16H29N3O/c1-13-4-8-18(9-5-13)16(20)19-10-6-15(7-11-19)17-12-14-2-3-14/h13-15,17H,2-12H2,1H3. The van der Waals surface area contributed by atoms with Crippen molar-refractivity contribution in [3.63, 3.8) is 0 Å². The Morgan fingerprint density at radius 1 is 0.950 bits per heavy atom. The minimum Gasteiger partial charge on any atom is -0.325 e. The topological polar surface area (TPSA) is 35.6 Å². The van der Waals surface area contributed by atoms with E-state index in [-0.39, 0.29) is 6.03 Å². The number of urea groups is 1. The highest BCUT2D eigenvalue weighted by Crippen LogP contribution is 2.28. The zero-order valence-corrected chi connectivity index (χ0v) is 12.8. The van der Waals surface area contributed by atoms with Crippen LogP contribution in [0.4, 0.5) is 4.79 Å². The lowest BCUT2D eigenvalue weighted by Crippen LogP contribution is -2.51. The van der Waals surface area contributed by atoms with E-state index in [1.807, 2.05) is 0 Å². The summed E-state index contributed by atoms with van der Waals surface area (Å²) in [4.78, 5) is 16.6. The highest BCUT2D eigenvalue weighted by molar-refractivity contribution is 5.74. The SMILES string of the molecule is CC1CCN(C(=O)N2CCC(NCC3CC3)CC2)CC1. The van der Waals surface area contributed by atoms with Gasteiger partial charge in [-0.05, 0) is 56.9 Å². The van der Waals surface area contributed by atoms with Crippen LogP contribution in [0.2, 0.25) is 0 Å². The minimum absolute atomic E-state index is 0.289. The summed E-state index contributed by atoms with van der Waals surface area (Å²) in [5.41, 5.74) is 0. The maximum Gasteiger partial charge on any atom is 0.319 e. The van der Waals surface area contributed by atoms with Gasteiger partial charge in [0.2, 0.25) is 0 Å². The van der Waals surface area contributed by atoms with E-state index >= 15 is 0 Å². The molecular formula is C16H29N3O. The van der Waals surface area contributed by atoms with E-state index in [9.17, 15) is 4.79 Å². The van der Waals surface area contributed by atoms with Gasteiger partial charge in [0.25, 0.3) is 0 Å². The Hall–Kier alpha value is -0.770. The zero-order chi connectivity index (χ0) is 13.9. The molecular weight excluding hydrogens is 250 g/mol. The molecule has 3 fully saturated rings. The highest BCUT2D eigenvalue weighted by atomic mass is 16.2. The van der Waals surface area contributed by atoms with Crippen molar-refractivity contribution in [2.75, 3.05) is 32.7 Å². The summed E-state index contributed by atoms with van der Waals surface area (Å²) in [6.45, 7) is 7.28. The molecule has 0 unspecified atom stereocenters. The fourth-order valence-electron chi connectivity index (χ4n) is 3.33. The Bertz CT molecular complexity index is 327. The van der Waals surface area contributed by atoms with Crippen molar-refractivity contribution in [2.24, 2.45) is 11.8 Å². The number of carbonyl (C=O) groups excluding carboxylic acids is 1. The van der Waals surface area contributed by atoms with Gasteiger partial charge in [0.1, 0.15) is 0 Å². The third-order valence-electron chi connectivity index (χ3n) is 5.21. The molecule has 0 bridgehead atoms. The van der Waals surface area contributed by atoms with Crippen molar-refractivity contribution in [3.05, 3.63) is 0 Å². The van der Waals surface area contributed by atoms with Crippen LogP contribution in [-0.2, 0) is 0 Å². The third kappa shape index (κ3) is 3.66. The second-order valence-corrected chi connectivity index (χ2v) is 7.07. The van der Waals surface area contributed by atoms with Gasteiger partial charge >= 0.3 is 6.03 Å². The molecule has 3 aliphatic rings. The molecule has 2 heterocycles. The van der Waals surface area contributed by atoms with Crippen LogP contribution >= 0.6 is 0 Å². The maximum atomic E-state index is 12.5. The van der Waals surface area contributed by atoms with E-state index in [0.29, 0.717) is 6.04 Å². The quantitative estimate of drug-likeness (QED) is 0.860. The van der Waals surface area contributed by atoms with Crippen LogP contribution in [-0.4, -0.2) is 54.6 Å². The van der Waals surface area contributed by atoms with Crippen LogP contribution in [0.5, 0.6) is 0 Å². The van der Waals surface area contributed by atoms with Crippen LogP contribution in [0, 0.1) is 11.8 Å². The van der Waals surface area contributed by atoms with Crippen LogP contribution in [0.3, 0.4) is 0 Å². The summed E-state index contributed by atoms with van der Waals surface area (Å²) in [5.74, 6) is 1.74. The third-order valence-corrected chi connectivity index (χ3v) is 5.21. The van der Waals surface area contributed by atoms with Crippen molar-refractivity contribution in [1.82, 2.24) is 15.1 Å². The first-order valence-corrected chi connectivity index (χ1v) is 8.49. The molecule has 20 heavy (non-hydrogen) atoms. The molecule has 0 spiro atoms. The van der Waals surface area contributed by atoms with Crippen molar-refractivity contribution in [2.45, 2.75) is 51.5 Å². The average molecular weight is 279 g/mol. The number of hydrogen-bond donors (Lipinski definition) is 1. The molecule has 4 heteroatoms. The largest absolute Gasteiger partial charge is 0.325 e. The summed E-state index contributed by atoms with van der Waals surface area (Å²) < 4.78 is 0. The van der Waals surface area contributed by atoms with Crippen molar-refractivity contribution in [1.29, 1.82) is 0 Å². The number of amides is 2. The Morgan fingerprint density at radius 3 is 2.05 bits per heavy atom. The molecule has 114 valence electrons. The fourth-order valence-corrected chi connectivity index (χ4v) is 3.33. The molecule has 1 N–H and O–H groups in total. The second-order valence-electron chi connectivity index (χ2n) is 7.07. The van der Waals surface area contributed by atoms with Crippen molar-refractivity contribution >= 4 is 6.03 Å². The lowest BCUT2D eigenvalue weighted by atomic mass is 9.99. The molecule has 2 aliphatic heterocycles. The molecule has 1 saturated carbocycles. The molecule has 4 nitrogen and oxygen atoms in total. The Morgan fingerprint density at radius 2 is 1.50 bits per heavy atom. The first-order chi connectivity index (χ1) is 9.72. The lowest BCUT2D eigenvalue weighted by Gasteiger charge is -2.38. The van der Waals surface area contributed by atoms with E-state index in [1.165, 1.54) is 32.2 Å². The summed E-state index contributed by atoms with van der Waals surface area (Å²) >= 11 is 0. The fraction of sp³-hybridized carbons (Fsp3) is 0.938. The van der Waals surface area contributed by atoms with Gasteiger partial charge < -0.3 is 15.1 Å². The van der Waals surface area contributed by atoms with Gasteiger partial charge in [-0.2, -0.15) is 0 Å². The molecule has 0 aromatic heterocycles. The monoisotopic (exact) mass is 279 g/mol. The van der Waals surface area contributed by atoms with Crippen molar-refractivity contribution < 1.29 is 4.79 Å². The molecule has 2 saturated heterocycles. The normalized spacial score (nSPS) is 26.1. The van der Waals surface area contributed by atoms with Gasteiger partial charge in [-0.15, -0.1) is 0 Å². The van der Waals surface area contributed by atoms with Crippen LogP contribution < -0.4 is 5.32 Å². The van der Waals surface area contributed by atoms with E-state index in [4.69, 9.17) is 0 Å². The number of piperidine rings is 2. The van der Waals surface area contributed by atoms with Gasteiger partial charge in [-0.3, -0.25) is 0 Å². The van der Waals surface area contributed by atoms with Gasteiger partial charge in [-0.1, -0.05) is 6.92 Å². The zero-order valence-electron chi connectivity index (χ0n) is 12.8. The molecule has 0 aromatic rings. The average Bonchev–Trinajstić information content (AvgIpc) is 3.30. The minimum atomic E-state index is 0.289. The maximum absolute atomic E-state index is 12.5. The van der Waals surface area contributed by atoms with Crippen LogP contribution in [0.25, 0.3) is 0 Å². The van der Waals surface area contributed by atoms with E-state index in [1.54, 1.807) is 0 Å². The van der Waals surface area contributed by atoms with Gasteiger partial charge in [-0.25, -0.2) is 4.79 Å². The number of nitrogens with one attached hydrogen (secondary N) is 1. The van der Waals surface area contributed by atoms with Crippen molar-refractivity contribution in [3.8, 4) is 0 Å². The molecule has 1 aliphatic carbocycles. The van der Waals surface area contributed by atoms with E-state index in [2.05, 4.69) is 22.0 Å². The van der Waals surface area contributed by atoms with Gasteiger partial charge in [0, 0.05) is 32.2 Å². The number of hydrogen-bond acceptors (Lipinski definition) is 2. The predicted octanol–water partition coefficient (Wildman–Crippen LogP) is 2.30. The van der Waals surface area contributed by atoms with Crippen LogP contribution in [0.1, 0.15) is 45.4 Å². The van der Waals surface area contributed by atoms with E-state index < -0.39 is 0 Å². The second kappa shape index (κ2) is 6.33. The number of nitrogens with zero attached hydrogens (tertiary/aromatic N) is 2. The van der Waals surface area contributed by atoms with Gasteiger partial charge in [0.15, 0.2) is 0 Å². The Balaban J connectivity index is 1.39. The number of rotatable bonds is 3. The first kappa shape index (κ1) is 14.2. The molecule has 2 amide bonds. The lowest BCUT2D eigenvalue weighted by molar-refractivity contribution is 0.121. The van der Waals surface area contributed by atoms with Crippen LogP contribution in [0.15, 0.2) is 0 Å². The van der Waals surface area contributed by atoms with E-state index in [0.717, 1.165) is 50.9 Å². The summed E-state index contributed by atoms with van der Waals surface area (Å²) in [5, 5.41) is 3.68. The molecule has 3 rings (SSSR count). The number of likely N-dealkylation sites (tertiary alicyclic amines) is 2. The predicted molar refractivity (Wildman–Crippen MR) is 80.7 cm³/mol. The Kier molecular flexibility index (Phi) is 4.49. The Labute approximate surface area is 122 Å². The molecule has 0 radical (unpaired) electrons. The van der Waals surface area contributed by atoms with Gasteiger partial charge in [0.05, 0.1) is 0 Å². The molecule has 0 atom stereocenters.